The molecule has 2 atom stereocenters. The van der Waals surface area contributed by atoms with Gasteiger partial charge < -0.3 is 10.2 Å². The number of amides is 1. The summed E-state index contributed by atoms with van der Waals surface area (Å²) in [6.07, 6.45) is 2.15. The van der Waals surface area contributed by atoms with E-state index in [1.165, 1.54) is 12.1 Å². The number of hydrogen-bond acceptors (Lipinski definition) is 4. The fourth-order valence-corrected chi connectivity index (χ4v) is 4.08. The van der Waals surface area contributed by atoms with Crippen LogP contribution < -0.4 is 10.0 Å². The molecule has 1 fully saturated rings. The van der Waals surface area contributed by atoms with Crippen molar-refractivity contribution in [2.24, 2.45) is 0 Å². The quantitative estimate of drug-likeness (QED) is 0.738. The molecular formula is C16H24BrN3O3S. The molecule has 2 N–H and O–H groups in total. The molecule has 1 aromatic carbocycles. The van der Waals surface area contributed by atoms with Crippen LogP contribution in [-0.2, 0) is 14.8 Å². The van der Waals surface area contributed by atoms with Gasteiger partial charge in [0, 0.05) is 29.5 Å². The van der Waals surface area contributed by atoms with Gasteiger partial charge >= 0.3 is 0 Å². The van der Waals surface area contributed by atoms with E-state index in [2.05, 4.69) is 44.8 Å². The van der Waals surface area contributed by atoms with Crippen LogP contribution in [0.1, 0.15) is 26.2 Å². The first kappa shape index (κ1) is 19.4. The number of benzene rings is 1. The van der Waals surface area contributed by atoms with Crippen molar-refractivity contribution in [3.8, 4) is 0 Å². The summed E-state index contributed by atoms with van der Waals surface area (Å²) in [5.74, 6) is -0.124. The molecule has 134 valence electrons. The Bertz CT molecular complexity index is 664. The zero-order valence-electron chi connectivity index (χ0n) is 14.0. The van der Waals surface area contributed by atoms with Crippen molar-refractivity contribution in [1.29, 1.82) is 0 Å². The highest BCUT2D eigenvalue weighted by atomic mass is 79.9. The van der Waals surface area contributed by atoms with Crippen LogP contribution in [0.5, 0.6) is 0 Å². The minimum Gasteiger partial charge on any atom is -0.352 e. The van der Waals surface area contributed by atoms with E-state index < -0.39 is 10.0 Å². The Balaban J connectivity index is 1.80. The summed E-state index contributed by atoms with van der Waals surface area (Å²) in [4.78, 5) is 14.5. The maximum atomic E-state index is 12.1. The van der Waals surface area contributed by atoms with Crippen LogP contribution in [0.25, 0.3) is 0 Å². The van der Waals surface area contributed by atoms with E-state index in [0.29, 0.717) is 6.04 Å². The van der Waals surface area contributed by atoms with Gasteiger partial charge in [-0.1, -0.05) is 15.9 Å². The third-order valence-corrected chi connectivity index (χ3v) is 6.42. The van der Waals surface area contributed by atoms with Crippen molar-refractivity contribution in [3.63, 3.8) is 0 Å². The highest BCUT2D eigenvalue weighted by Gasteiger charge is 2.26. The lowest BCUT2D eigenvalue weighted by Gasteiger charge is -2.37. The minimum atomic E-state index is -3.58. The maximum Gasteiger partial charge on any atom is 0.240 e. The molecule has 1 aliphatic heterocycles. The molecule has 1 saturated heterocycles. The molecule has 24 heavy (non-hydrogen) atoms. The lowest BCUT2D eigenvalue weighted by Crippen LogP contribution is -2.52. The number of hydrogen-bond donors (Lipinski definition) is 2. The second-order valence-electron chi connectivity index (χ2n) is 6.14. The van der Waals surface area contributed by atoms with E-state index in [-0.39, 0.29) is 29.8 Å². The Kier molecular flexibility index (Phi) is 6.79. The fourth-order valence-electron chi connectivity index (χ4n) is 2.78. The van der Waals surface area contributed by atoms with Crippen LogP contribution >= 0.6 is 15.9 Å². The minimum absolute atomic E-state index is 0.0845. The molecule has 0 bridgehead atoms. The summed E-state index contributed by atoms with van der Waals surface area (Å²) in [5, 5.41) is 3.01. The van der Waals surface area contributed by atoms with Gasteiger partial charge in [-0.05, 0) is 57.6 Å². The predicted octanol–water partition coefficient (Wildman–Crippen LogP) is 1.72. The average molecular weight is 418 g/mol. The van der Waals surface area contributed by atoms with Gasteiger partial charge in [-0.2, -0.15) is 0 Å². The number of piperidine rings is 1. The van der Waals surface area contributed by atoms with Crippen LogP contribution in [0.3, 0.4) is 0 Å². The number of nitrogens with one attached hydrogen (secondary N) is 2. The molecule has 0 saturated carbocycles. The predicted molar refractivity (Wildman–Crippen MR) is 97.2 cm³/mol. The first-order chi connectivity index (χ1) is 11.3. The van der Waals surface area contributed by atoms with Gasteiger partial charge in [0.05, 0.1) is 4.90 Å². The summed E-state index contributed by atoms with van der Waals surface area (Å²) < 4.78 is 27.6. The Morgan fingerprint density at radius 3 is 2.67 bits per heavy atom. The van der Waals surface area contributed by atoms with Gasteiger partial charge in [-0.3, -0.25) is 4.79 Å². The van der Waals surface area contributed by atoms with Crippen LogP contribution in [0.4, 0.5) is 0 Å². The van der Waals surface area contributed by atoms with Crippen molar-refractivity contribution in [3.05, 3.63) is 28.7 Å². The first-order valence-electron chi connectivity index (χ1n) is 8.04. The fraction of sp³-hybridized carbons (Fsp3) is 0.562. The van der Waals surface area contributed by atoms with Crippen LogP contribution in [-0.4, -0.2) is 51.4 Å². The van der Waals surface area contributed by atoms with Gasteiger partial charge in [0.1, 0.15) is 0 Å². The molecule has 0 aliphatic carbocycles. The van der Waals surface area contributed by atoms with Crippen LogP contribution in [0, 0.1) is 0 Å². The summed E-state index contributed by atoms with van der Waals surface area (Å²) in [5.41, 5.74) is 0. The van der Waals surface area contributed by atoms with Crippen LogP contribution in [0.2, 0.25) is 0 Å². The lowest BCUT2D eigenvalue weighted by atomic mass is 9.98. The summed E-state index contributed by atoms with van der Waals surface area (Å²) in [7, 11) is -1.53. The first-order valence-corrected chi connectivity index (χ1v) is 10.3. The van der Waals surface area contributed by atoms with Gasteiger partial charge in [-0.15, -0.1) is 0 Å². The van der Waals surface area contributed by atoms with E-state index in [9.17, 15) is 13.2 Å². The van der Waals surface area contributed by atoms with Crippen molar-refractivity contribution < 1.29 is 13.2 Å². The molecule has 1 heterocycles. The molecule has 6 nitrogen and oxygen atoms in total. The normalized spacial score (nSPS) is 22.3. The third-order valence-electron chi connectivity index (χ3n) is 4.42. The highest BCUT2D eigenvalue weighted by molar-refractivity contribution is 9.10. The monoisotopic (exact) mass is 417 g/mol. The molecule has 2 rings (SSSR count). The van der Waals surface area contributed by atoms with Crippen molar-refractivity contribution >= 4 is 31.9 Å². The number of nitrogens with zero attached hydrogens (tertiary/aromatic N) is 1. The number of likely N-dealkylation sites (N-methyl/N-ethyl adjacent to an activating group) is 1. The van der Waals surface area contributed by atoms with Gasteiger partial charge in [0.2, 0.25) is 15.9 Å². The van der Waals surface area contributed by atoms with Gasteiger partial charge in [-0.25, -0.2) is 13.1 Å². The lowest BCUT2D eigenvalue weighted by molar-refractivity contribution is -0.122. The Labute approximate surface area is 152 Å². The number of sulfonamides is 1. The zero-order valence-corrected chi connectivity index (χ0v) is 16.4. The summed E-state index contributed by atoms with van der Waals surface area (Å²) in [6.45, 7) is 3.22. The Morgan fingerprint density at radius 2 is 2.00 bits per heavy atom. The second-order valence-corrected chi connectivity index (χ2v) is 8.82. The largest absolute Gasteiger partial charge is 0.352 e. The van der Waals surface area contributed by atoms with Crippen molar-refractivity contribution in [1.82, 2.24) is 14.9 Å². The molecule has 8 heteroatoms. The van der Waals surface area contributed by atoms with E-state index >= 15 is 0 Å². The van der Waals surface area contributed by atoms with Gasteiger partial charge in [0.15, 0.2) is 0 Å². The molecule has 0 spiro atoms. The third kappa shape index (κ3) is 5.27. The molecule has 0 radical (unpaired) electrons. The summed E-state index contributed by atoms with van der Waals surface area (Å²) >= 11 is 3.27. The van der Waals surface area contributed by atoms with E-state index in [0.717, 1.165) is 23.9 Å². The van der Waals surface area contributed by atoms with E-state index in [1.54, 1.807) is 12.1 Å². The topological polar surface area (TPSA) is 78.5 Å². The Morgan fingerprint density at radius 1 is 1.33 bits per heavy atom. The summed E-state index contributed by atoms with van der Waals surface area (Å²) in [6, 6.07) is 6.80. The smallest absolute Gasteiger partial charge is 0.240 e. The molecule has 0 unspecified atom stereocenters. The van der Waals surface area contributed by atoms with E-state index in [4.69, 9.17) is 0 Å². The molecular weight excluding hydrogens is 394 g/mol. The van der Waals surface area contributed by atoms with Crippen molar-refractivity contribution in [2.45, 2.75) is 43.2 Å². The van der Waals surface area contributed by atoms with Crippen molar-refractivity contribution in [2.75, 3.05) is 20.1 Å². The molecule has 0 aromatic heterocycles. The standard InChI is InChI=1S/C16H24BrN3O3S/c1-12-15(4-3-11-20(12)2)19-16(21)9-10-18-24(22,23)14-7-5-13(17)6-8-14/h5-8,12,15,18H,3-4,9-11H2,1-2H3,(H,19,21)/t12-,15+/m0/s1. The Hall–Kier alpha value is -0.960. The number of carbonyl (C=O) groups is 1. The molecule has 1 aromatic rings. The SMILES string of the molecule is C[C@H]1[C@H](NC(=O)CCNS(=O)(=O)c2ccc(Br)cc2)CCCN1C. The number of rotatable bonds is 6. The van der Waals surface area contributed by atoms with Crippen LogP contribution in [0.15, 0.2) is 33.6 Å². The average Bonchev–Trinajstić information content (AvgIpc) is 2.52. The number of halogens is 1. The highest BCUT2D eigenvalue weighted by Crippen LogP contribution is 2.16. The van der Waals surface area contributed by atoms with Gasteiger partial charge in [0.25, 0.3) is 0 Å². The molecule has 1 amide bonds. The zero-order chi connectivity index (χ0) is 17.7. The number of carbonyl (C=O) groups excluding carboxylic acids is 1. The molecule has 1 aliphatic rings. The maximum absolute atomic E-state index is 12.1. The number of likely N-dealkylation sites (tertiary alicyclic amines) is 1. The second kappa shape index (κ2) is 8.42. The van der Waals surface area contributed by atoms with E-state index in [1.807, 2.05) is 0 Å².